The first-order valence-electron chi connectivity index (χ1n) is 9.01. The molecule has 6 unspecified atom stereocenters. The van der Waals surface area contributed by atoms with E-state index in [1.54, 1.807) is 0 Å². The highest BCUT2D eigenvalue weighted by molar-refractivity contribution is 5.10. The van der Waals surface area contributed by atoms with Crippen molar-refractivity contribution in [3.05, 3.63) is 12.2 Å². The first-order valence-corrected chi connectivity index (χ1v) is 9.01. The zero-order chi connectivity index (χ0) is 14.5. The van der Waals surface area contributed by atoms with Crippen LogP contribution in [0.5, 0.6) is 0 Å². The summed E-state index contributed by atoms with van der Waals surface area (Å²) in [7, 11) is 0. The van der Waals surface area contributed by atoms with Crippen molar-refractivity contribution >= 4 is 0 Å². The van der Waals surface area contributed by atoms with Gasteiger partial charge in [-0.1, -0.05) is 46.8 Å². The average molecular weight is 274 g/mol. The Hall–Kier alpha value is -0.260. The lowest BCUT2D eigenvalue weighted by atomic mass is 9.67. The molecule has 3 aliphatic rings. The maximum atomic E-state index is 2.63. The SMILES string of the molecule is CC1CC2C3CC=CCCCC(C)(C)C3CC2(C)C1C. The molecule has 0 aromatic carbocycles. The van der Waals surface area contributed by atoms with Crippen LogP contribution in [0, 0.1) is 40.4 Å². The van der Waals surface area contributed by atoms with E-state index in [4.69, 9.17) is 0 Å². The van der Waals surface area contributed by atoms with E-state index in [-0.39, 0.29) is 0 Å². The van der Waals surface area contributed by atoms with Gasteiger partial charge >= 0.3 is 0 Å². The molecule has 0 aliphatic heterocycles. The van der Waals surface area contributed by atoms with Crippen LogP contribution in [0.3, 0.4) is 0 Å². The van der Waals surface area contributed by atoms with Gasteiger partial charge in [-0.3, -0.25) is 0 Å². The highest BCUT2D eigenvalue weighted by Crippen LogP contribution is 2.67. The van der Waals surface area contributed by atoms with E-state index in [0.717, 1.165) is 29.6 Å². The smallest absolute Gasteiger partial charge is 0.0263 e. The van der Waals surface area contributed by atoms with Crippen molar-refractivity contribution < 1.29 is 0 Å². The Morgan fingerprint density at radius 1 is 1.00 bits per heavy atom. The van der Waals surface area contributed by atoms with Gasteiger partial charge in [-0.15, -0.1) is 0 Å². The third kappa shape index (κ3) is 2.09. The number of allylic oxidation sites excluding steroid dienone is 2. The van der Waals surface area contributed by atoms with Crippen molar-refractivity contribution in [1.82, 2.24) is 0 Å². The number of hydrogen-bond acceptors (Lipinski definition) is 0. The van der Waals surface area contributed by atoms with Gasteiger partial charge < -0.3 is 0 Å². The van der Waals surface area contributed by atoms with E-state index >= 15 is 0 Å². The Balaban J connectivity index is 1.94. The summed E-state index contributed by atoms with van der Waals surface area (Å²) in [5, 5.41) is 0. The molecule has 0 saturated heterocycles. The van der Waals surface area contributed by atoms with Gasteiger partial charge in [-0.2, -0.15) is 0 Å². The Bertz CT molecular complexity index is 391. The fourth-order valence-electron chi connectivity index (χ4n) is 6.18. The lowest BCUT2D eigenvalue weighted by Gasteiger charge is -2.37. The summed E-state index contributed by atoms with van der Waals surface area (Å²) in [6, 6.07) is 0. The standard InChI is InChI=1S/C20H34/c1-14-12-17-16-10-8-6-7-9-11-19(3,4)18(16)13-20(17,5)15(14)2/h6,8,14-18H,7,9-13H2,1-5H3. The Morgan fingerprint density at radius 2 is 1.75 bits per heavy atom. The maximum Gasteiger partial charge on any atom is -0.0263 e. The van der Waals surface area contributed by atoms with Crippen LogP contribution in [0.25, 0.3) is 0 Å². The minimum atomic E-state index is 0.549. The van der Waals surface area contributed by atoms with Crippen LogP contribution in [0.2, 0.25) is 0 Å². The topological polar surface area (TPSA) is 0 Å². The lowest BCUT2D eigenvalue weighted by molar-refractivity contribution is 0.122. The van der Waals surface area contributed by atoms with Gasteiger partial charge in [0.15, 0.2) is 0 Å². The van der Waals surface area contributed by atoms with E-state index in [0.29, 0.717) is 10.8 Å². The number of rotatable bonds is 0. The lowest BCUT2D eigenvalue weighted by Crippen LogP contribution is -2.29. The molecule has 0 radical (unpaired) electrons. The van der Waals surface area contributed by atoms with E-state index in [1.165, 1.54) is 38.5 Å². The van der Waals surface area contributed by atoms with Crippen molar-refractivity contribution in [2.45, 2.75) is 73.1 Å². The van der Waals surface area contributed by atoms with Crippen molar-refractivity contribution in [3.63, 3.8) is 0 Å². The predicted molar refractivity (Wildman–Crippen MR) is 87.5 cm³/mol. The molecule has 0 aromatic heterocycles. The highest BCUT2D eigenvalue weighted by Gasteiger charge is 2.59. The van der Waals surface area contributed by atoms with Crippen molar-refractivity contribution in [2.75, 3.05) is 0 Å². The summed E-state index contributed by atoms with van der Waals surface area (Å²) >= 11 is 0. The summed E-state index contributed by atoms with van der Waals surface area (Å²) in [5.74, 6) is 4.75. The monoisotopic (exact) mass is 274 g/mol. The van der Waals surface area contributed by atoms with Crippen molar-refractivity contribution in [3.8, 4) is 0 Å². The first-order chi connectivity index (χ1) is 9.36. The third-order valence-corrected chi connectivity index (χ3v) is 7.83. The van der Waals surface area contributed by atoms with Gasteiger partial charge in [-0.25, -0.2) is 0 Å². The second-order valence-electron chi connectivity index (χ2n) is 9.18. The van der Waals surface area contributed by atoms with Gasteiger partial charge in [0.2, 0.25) is 0 Å². The predicted octanol–water partition coefficient (Wildman–Crippen LogP) is 6.08. The quantitative estimate of drug-likeness (QED) is 0.470. The van der Waals surface area contributed by atoms with Crippen LogP contribution in [-0.2, 0) is 0 Å². The van der Waals surface area contributed by atoms with Crippen LogP contribution in [0.1, 0.15) is 73.1 Å². The molecule has 2 fully saturated rings. The van der Waals surface area contributed by atoms with Crippen LogP contribution in [0.15, 0.2) is 12.2 Å². The van der Waals surface area contributed by atoms with E-state index in [2.05, 4.69) is 46.8 Å². The van der Waals surface area contributed by atoms with Gasteiger partial charge in [0.1, 0.15) is 0 Å². The summed E-state index contributed by atoms with van der Waals surface area (Å²) in [6.07, 6.45) is 13.4. The Morgan fingerprint density at radius 3 is 2.50 bits per heavy atom. The maximum absolute atomic E-state index is 2.63. The van der Waals surface area contributed by atoms with Crippen LogP contribution in [-0.4, -0.2) is 0 Å². The highest BCUT2D eigenvalue weighted by atomic mass is 14.6. The van der Waals surface area contributed by atoms with Crippen molar-refractivity contribution in [1.29, 1.82) is 0 Å². The zero-order valence-corrected chi connectivity index (χ0v) is 14.3. The molecular weight excluding hydrogens is 240 g/mol. The zero-order valence-electron chi connectivity index (χ0n) is 14.3. The molecule has 6 atom stereocenters. The van der Waals surface area contributed by atoms with Crippen LogP contribution < -0.4 is 0 Å². The van der Waals surface area contributed by atoms with Gasteiger partial charge in [0.05, 0.1) is 0 Å². The minimum absolute atomic E-state index is 0.549. The summed E-state index contributed by atoms with van der Waals surface area (Å²) < 4.78 is 0. The minimum Gasteiger partial charge on any atom is -0.0885 e. The molecule has 0 heterocycles. The molecule has 3 rings (SSSR count). The number of hydrogen-bond donors (Lipinski definition) is 0. The Labute approximate surface area is 126 Å². The Kier molecular flexibility index (Phi) is 3.58. The average Bonchev–Trinajstić information content (AvgIpc) is 2.80. The third-order valence-electron chi connectivity index (χ3n) is 7.83. The molecule has 0 heteroatoms. The second kappa shape index (κ2) is 4.89. The molecule has 114 valence electrons. The van der Waals surface area contributed by atoms with Crippen LogP contribution >= 0.6 is 0 Å². The molecule has 3 aliphatic carbocycles. The molecule has 20 heavy (non-hydrogen) atoms. The molecule has 0 bridgehead atoms. The van der Waals surface area contributed by atoms with E-state index < -0.39 is 0 Å². The van der Waals surface area contributed by atoms with Crippen molar-refractivity contribution in [2.24, 2.45) is 40.4 Å². The first kappa shape index (κ1) is 14.7. The molecular formula is C20H34. The number of fused-ring (bicyclic) bond motifs is 3. The summed E-state index contributed by atoms with van der Waals surface area (Å²) in [5.41, 5.74) is 1.17. The fraction of sp³-hybridized carbons (Fsp3) is 0.900. The van der Waals surface area contributed by atoms with Gasteiger partial charge in [-0.05, 0) is 78.9 Å². The molecule has 0 spiro atoms. The molecule has 0 amide bonds. The van der Waals surface area contributed by atoms with Gasteiger partial charge in [0.25, 0.3) is 0 Å². The molecule has 0 aromatic rings. The van der Waals surface area contributed by atoms with E-state index in [9.17, 15) is 0 Å². The van der Waals surface area contributed by atoms with Gasteiger partial charge in [0, 0.05) is 0 Å². The molecule has 0 nitrogen and oxygen atoms in total. The van der Waals surface area contributed by atoms with E-state index in [1.807, 2.05) is 0 Å². The van der Waals surface area contributed by atoms with Crippen LogP contribution in [0.4, 0.5) is 0 Å². The fourth-order valence-corrected chi connectivity index (χ4v) is 6.18. The molecule has 0 N–H and O–H groups in total. The normalized spacial score (nSPS) is 51.0. The molecule has 2 saturated carbocycles. The second-order valence-corrected chi connectivity index (χ2v) is 9.18. The summed E-state index contributed by atoms with van der Waals surface area (Å²) in [6.45, 7) is 12.8. The summed E-state index contributed by atoms with van der Waals surface area (Å²) in [4.78, 5) is 0. The largest absolute Gasteiger partial charge is 0.0885 e.